The Labute approximate surface area is 125 Å². The lowest BCUT2D eigenvalue weighted by atomic mass is 10.1. The molecule has 0 aromatic carbocycles. The maximum absolute atomic E-state index is 11.6. The van der Waals surface area contributed by atoms with Crippen LogP contribution < -0.4 is 0 Å². The largest absolute Gasteiger partial charge is 0.381 e. The Bertz CT molecular complexity index is 265. The number of likely N-dealkylation sites (N-methyl/N-ethyl adjacent to an activating group) is 1. The molecule has 0 aromatic rings. The Kier molecular flexibility index (Phi) is 9.86. The molecule has 0 spiro atoms. The third-order valence-corrected chi connectivity index (χ3v) is 3.66. The predicted octanol–water partition coefficient (Wildman–Crippen LogP) is 2.63. The minimum Gasteiger partial charge on any atom is -0.381 e. The van der Waals surface area contributed by atoms with Gasteiger partial charge in [0.1, 0.15) is 0 Å². The molecular formula is C16H34N2O2. The van der Waals surface area contributed by atoms with Gasteiger partial charge in [0.2, 0.25) is 5.91 Å². The molecule has 1 aliphatic heterocycles. The minimum absolute atomic E-state index is 0.249. The van der Waals surface area contributed by atoms with Gasteiger partial charge in [0.15, 0.2) is 0 Å². The van der Waals surface area contributed by atoms with Crippen LogP contribution in [0.4, 0.5) is 0 Å². The van der Waals surface area contributed by atoms with Crippen molar-refractivity contribution in [1.82, 2.24) is 9.80 Å². The molecular weight excluding hydrogens is 252 g/mol. The number of piperazine rings is 1. The van der Waals surface area contributed by atoms with Crippen LogP contribution in [0.15, 0.2) is 0 Å². The Hall–Kier alpha value is -0.610. The normalized spacial score (nSPS) is 20.5. The van der Waals surface area contributed by atoms with E-state index in [0.717, 1.165) is 32.8 Å². The third-order valence-electron chi connectivity index (χ3n) is 3.66. The van der Waals surface area contributed by atoms with E-state index in [0.29, 0.717) is 12.0 Å². The van der Waals surface area contributed by atoms with E-state index >= 15 is 0 Å². The van der Waals surface area contributed by atoms with Gasteiger partial charge < -0.3 is 9.64 Å². The first-order valence-electron chi connectivity index (χ1n) is 8.19. The van der Waals surface area contributed by atoms with Gasteiger partial charge in [0, 0.05) is 38.7 Å². The highest BCUT2D eigenvalue weighted by Gasteiger charge is 2.44. The highest BCUT2D eigenvalue weighted by Crippen LogP contribution is 2.46. The summed E-state index contributed by atoms with van der Waals surface area (Å²) in [5.41, 5.74) is 0.367. The van der Waals surface area contributed by atoms with Crippen LogP contribution in [0.3, 0.4) is 0 Å². The van der Waals surface area contributed by atoms with Crippen molar-refractivity contribution in [2.24, 2.45) is 5.41 Å². The molecule has 20 heavy (non-hydrogen) atoms. The molecule has 0 atom stereocenters. The first-order valence-corrected chi connectivity index (χ1v) is 8.19. The number of carbonyl (C=O) groups is 1. The molecule has 0 unspecified atom stereocenters. The SMILES string of the molecule is CC.CC.CCOCC1(CN2CCN(C)C(=O)C2)CC1. The lowest BCUT2D eigenvalue weighted by molar-refractivity contribution is -0.134. The highest BCUT2D eigenvalue weighted by atomic mass is 16.5. The van der Waals surface area contributed by atoms with Crippen molar-refractivity contribution in [3.05, 3.63) is 0 Å². The summed E-state index contributed by atoms with van der Waals surface area (Å²) in [5, 5.41) is 0. The highest BCUT2D eigenvalue weighted by molar-refractivity contribution is 5.78. The molecule has 2 fully saturated rings. The lowest BCUT2D eigenvalue weighted by Crippen LogP contribution is -2.50. The topological polar surface area (TPSA) is 32.8 Å². The molecule has 4 heteroatoms. The maximum atomic E-state index is 11.6. The average molecular weight is 286 g/mol. The average Bonchev–Trinajstić information content (AvgIpc) is 3.25. The van der Waals surface area contributed by atoms with Crippen molar-refractivity contribution in [1.29, 1.82) is 0 Å². The van der Waals surface area contributed by atoms with Gasteiger partial charge in [-0.3, -0.25) is 9.69 Å². The van der Waals surface area contributed by atoms with Gasteiger partial charge in [-0.15, -0.1) is 0 Å². The van der Waals surface area contributed by atoms with Crippen LogP contribution in [0, 0.1) is 5.41 Å². The van der Waals surface area contributed by atoms with Gasteiger partial charge in [-0.1, -0.05) is 27.7 Å². The first kappa shape index (κ1) is 19.4. The third kappa shape index (κ3) is 6.23. The first-order chi connectivity index (χ1) is 9.65. The Morgan fingerprint density at radius 3 is 2.20 bits per heavy atom. The van der Waals surface area contributed by atoms with Crippen LogP contribution in [-0.4, -0.2) is 62.1 Å². The molecule has 1 saturated heterocycles. The number of ether oxygens (including phenoxy) is 1. The zero-order chi connectivity index (χ0) is 15.6. The summed E-state index contributed by atoms with van der Waals surface area (Å²) in [6.45, 7) is 15.2. The molecule has 0 N–H and O–H groups in total. The van der Waals surface area contributed by atoms with E-state index in [9.17, 15) is 4.79 Å². The van der Waals surface area contributed by atoms with Crippen LogP contribution in [0.2, 0.25) is 0 Å². The van der Waals surface area contributed by atoms with Crippen LogP contribution in [0.1, 0.15) is 47.5 Å². The Morgan fingerprint density at radius 1 is 1.15 bits per heavy atom. The summed E-state index contributed by atoms with van der Waals surface area (Å²) in [6.07, 6.45) is 2.51. The summed E-state index contributed by atoms with van der Waals surface area (Å²) in [5.74, 6) is 0.249. The van der Waals surface area contributed by atoms with Crippen molar-refractivity contribution < 1.29 is 9.53 Å². The Balaban J connectivity index is 0.000000829. The molecule has 1 aliphatic carbocycles. The molecule has 1 saturated carbocycles. The van der Waals surface area contributed by atoms with E-state index < -0.39 is 0 Å². The molecule has 120 valence electrons. The van der Waals surface area contributed by atoms with Gasteiger partial charge in [0.05, 0.1) is 13.2 Å². The summed E-state index contributed by atoms with van der Waals surface area (Å²) in [7, 11) is 1.88. The van der Waals surface area contributed by atoms with E-state index in [-0.39, 0.29) is 5.91 Å². The number of nitrogens with zero attached hydrogens (tertiary/aromatic N) is 2. The molecule has 1 heterocycles. The second-order valence-electron chi connectivity index (χ2n) is 5.16. The molecule has 1 amide bonds. The number of hydrogen-bond acceptors (Lipinski definition) is 3. The lowest BCUT2D eigenvalue weighted by Gasteiger charge is -2.34. The van der Waals surface area contributed by atoms with Crippen molar-refractivity contribution in [2.45, 2.75) is 47.5 Å². The molecule has 0 radical (unpaired) electrons. The summed E-state index contributed by atoms with van der Waals surface area (Å²) >= 11 is 0. The Morgan fingerprint density at radius 2 is 1.75 bits per heavy atom. The zero-order valence-electron chi connectivity index (χ0n) is 14.4. The minimum atomic E-state index is 0.249. The number of carbonyl (C=O) groups excluding carboxylic acids is 1. The monoisotopic (exact) mass is 286 g/mol. The summed E-state index contributed by atoms with van der Waals surface area (Å²) in [4.78, 5) is 15.7. The molecule has 0 bridgehead atoms. The second-order valence-corrected chi connectivity index (χ2v) is 5.16. The quantitative estimate of drug-likeness (QED) is 0.779. The van der Waals surface area contributed by atoms with E-state index in [4.69, 9.17) is 4.74 Å². The fraction of sp³-hybridized carbons (Fsp3) is 0.938. The van der Waals surface area contributed by atoms with Crippen molar-refractivity contribution in [2.75, 3.05) is 46.4 Å². The smallest absolute Gasteiger partial charge is 0.236 e. The molecule has 2 rings (SSSR count). The van der Waals surface area contributed by atoms with E-state index in [2.05, 4.69) is 4.90 Å². The fourth-order valence-corrected chi connectivity index (χ4v) is 2.26. The van der Waals surface area contributed by atoms with Crippen LogP contribution in [0.5, 0.6) is 0 Å². The second kappa shape index (κ2) is 10.2. The zero-order valence-corrected chi connectivity index (χ0v) is 14.4. The van der Waals surface area contributed by atoms with Crippen LogP contribution in [-0.2, 0) is 9.53 Å². The number of hydrogen-bond donors (Lipinski definition) is 0. The van der Waals surface area contributed by atoms with Crippen molar-refractivity contribution in [3.63, 3.8) is 0 Å². The van der Waals surface area contributed by atoms with Gasteiger partial charge in [-0.2, -0.15) is 0 Å². The standard InChI is InChI=1S/C12H22N2O2.2C2H6/c1-3-16-10-12(4-5-12)9-14-7-6-13(2)11(15)8-14;2*1-2/h3-10H2,1-2H3;2*1-2H3. The molecule has 2 aliphatic rings. The van der Waals surface area contributed by atoms with Gasteiger partial charge in [-0.05, 0) is 19.8 Å². The van der Waals surface area contributed by atoms with Crippen LogP contribution in [0.25, 0.3) is 0 Å². The van der Waals surface area contributed by atoms with Crippen molar-refractivity contribution >= 4 is 5.91 Å². The van der Waals surface area contributed by atoms with Gasteiger partial charge >= 0.3 is 0 Å². The van der Waals surface area contributed by atoms with Crippen molar-refractivity contribution in [3.8, 4) is 0 Å². The van der Waals surface area contributed by atoms with E-state index in [1.165, 1.54) is 12.8 Å². The van der Waals surface area contributed by atoms with E-state index in [1.807, 2.05) is 46.6 Å². The van der Waals surface area contributed by atoms with Crippen LogP contribution >= 0.6 is 0 Å². The maximum Gasteiger partial charge on any atom is 0.236 e. The summed E-state index contributed by atoms with van der Waals surface area (Å²) in [6, 6.07) is 0. The number of amides is 1. The molecule has 4 nitrogen and oxygen atoms in total. The van der Waals surface area contributed by atoms with E-state index in [1.54, 1.807) is 0 Å². The fourth-order valence-electron chi connectivity index (χ4n) is 2.26. The molecule has 0 aromatic heterocycles. The predicted molar refractivity (Wildman–Crippen MR) is 84.9 cm³/mol. The van der Waals surface area contributed by atoms with Gasteiger partial charge in [0.25, 0.3) is 0 Å². The van der Waals surface area contributed by atoms with Gasteiger partial charge in [-0.25, -0.2) is 0 Å². The summed E-state index contributed by atoms with van der Waals surface area (Å²) < 4.78 is 5.53. The number of rotatable bonds is 5.